The Morgan fingerprint density at radius 3 is 2.43 bits per heavy atom. The highest BCUT2D eigenvalue weighted by atomic mass is 79.9. The van der Waals surface area contributed by atoms with Crippen LogP contribution in [0.2, 0.25) is 0 Å². The summed E-state index contributed by atoms with van der Waals surface area (Å²) in [6, 6.07) is 5.15. The highest BCUT2D eigenvalue weighted by molar-refractivity contribution is 9.11. The van der Waals surface area contributed by atoms with Crippen LogP contribution in [0.1, 0.15) is 6.42 Å². The number of benzene rings is 1. The fourth-order valence-corrected chi connectivity index (χ4v) is 5.19. The van der Waals surface area contributed by atoms with Crippen molar-refractivity contribution in [2.75, 3.05) is 39.3 Å². The van der Waals surface area contributed by atoms with Crippen LogP contribution in [0.3, 0.4) is 0 Å². The lowest BCUT2D eigenvalue weighted by Crippen LogP contribution is -2.48. The molecule has 0 atom stereocenters. The van der Waals surface area contributed by atoms with Crippen molar-refractivity contribution < 1.29 is 13.5 Å². The van der Waals surface area contributed by atoms with Crippen LogP contribution in [0, 0.1) is 0 Å². The minimum Gasteiger partial charge on any atom is -0.396 e. The normalized spacial score (nSPS) is 18.0. The lowest BCUT2D eigenvalue weighted by molar-refractivity contribution is 0.171. The van der Waals surface area contributed by atoms with Crippen molar-refractivity contribution in [2.45, 2.75) is 11.3 Å². The Bertz CT molecular complexity index is 587. The van der Waals surface area contributed by atoms with E-state index in [1.807, 2.05) is 0 Å². The van der Waals surface area contributed by atoms with Crippen LogP contribution in [0.5, 0.6) is 0 Å². The maximum absolute atomic E-state index is 12.7. The zero-order chi connectivity index (χ0) is 15.5. The quantitative estimate of drug-likeness (QED) is 0.757. The molecule has 0 aromatic heterocycles. The molecule has 1 aromatic rings. The molecule has 1 aliphatic rings. The molecule has 0 spiro atoms. The minimum atomic E-state index is -3.48. The third-order valence-corrected chi connectivity index (χ3v) is 6.86. The van der Waals surface area contributed by atoms with Gasteiger partial charge in [-0.25, -0.2) is 8.42 Å². The molecule has 2 rings (SSSR count). The van der Waals surface area contributed by atoms with E-state index in [1.54, 1.807) is 18.2 Å². The Balaban J connectivity index is 2.10. The van der Waals surface area contributed by atoms with E-state index in [9.17, 15) is 8.42 Å². The number of aliphatic hydroxyl groups excluding tert-OH is 1. The molecule has 0 radical (unpaired) electrons. The first kappa shape index (κ1) is 17.4. The van der Waals surface area contributed by atoms with Gasteiger partial charge in [-0.05, 0) is 40.5 Å². The number of rotatable bonds is 5. The summed E-state index contributed by atoms with van der Waals surface area (Å²) >= 11 is 6.63. The molecule has 0 bridgehead atoms. The Hall–Kier alpha value is 0.01000. The summed E-state index contributed by atoms with van der Waals surface area (Å²) in [5.41, 5.74) is 0. The first-order chi connectivity index (χ1) is 9.95. The van der Waals surface area contributed by atoms with Crippen LogP contribution in [-0.2, 0) is 10.0 Å². The Labute approximate surface area is 142 Å². The maximum Gasteiger partial charge on any atom is 0.244 e. The molecule has 1 aliphatic heterocycles. The van der Waals surface area contributed by atoms with E-state index < -0.39 is 10.0 Å². The van der Waals surface area contributed by atoms with Crippen molar-refractivity contribution >= 4 is 41.9 Å². The number of piperazine rings is 1. The van der Waals surface area contributed by atoms with Crippen molar-refractivity contribution in [3.63, 3.8) is 0 Å². The second kappa shape index (κ2) is 7.52. The van der Waals surface area contributed by atoms with Gasteiger partial charge in [0.15, 0.2) is 0 Å². The van der Waals surface area contributed by atoms with Crippen LogP contribution in [0.25, 0.3) is 0 Å². The van der Waals surface area contributed by atoms with Gasteiger partial charge in [0.25, 0.3) is 0 Å². The van der Waals surface area contributed by atoms with Gasteiger partial charge in [0.1, 0.15) is 0 Å². The summed E-state index contributed by atoms with van der Waals surface area (Å²) < 4.78 is 28.2. The predicted molar refractivity (Wildman–Crippen MR) is 88.7 cm³/mol. The number of nitrogens with zero attached hydrogens (tertiary/aromatic N) is 2. The SMILES string of the molecule is O=S(=O)(c1cc(Br)ccc1Br)N1CCN(CCCO)CC1. The Morgan fingerprint density at radius 2 is 1.81 bits per heavy atom. The number of aliphatic hydroxyl groups is 1. The predicted octanol–water partition coefficient (Wildman–Crippen LogP) is 1.90. The molecule has 1 N–H and O–H groups in total. The second-order valence-corrected chi connectivity index (χ2v) is 8.57. The van der Waals surface area contributed by atoms with Crippen molar-refractivity contribution in [1.82, 2.24) is 9.21 Å². The zero-order valence-corrected chi connectivity index (χ0v) is 15.5. The summed E-state index contributed by atoms with van der Waals surface area (Å²) in [5, 5.41) is 8.84. The largest absolute Gasteiger partial charge is 0.396 e. The van der Waals surface area contributed by atoms with Crippen LogP contribution in [0.15, 0.2) is 32.0 Å². The molecule has 1 saturated heterocycles. The third kappa shape index (κ3) is 4.27. The summed E-state index contributed by atoms with van der Waals surface area (Å²) in [7, 11) is -3.48. The fraction of sp³-hybridized carbons (Fsp3) is 0.538. The van der Waals surface area contributed by atoms with Crippen molar-refractivity contribution in [2.24, 2.45) is 0 Å². The van der Waals surface area contributed by atoms with E-state index in [1.165, 1.54) is 4.31 Å². The van der Waals surface area contributed by atoms with E-state index in [0.717, 1.165) is 17.4 Å². The van der Waals surface area contributed by atoms with Gasteiger partial charge >= 0.3 is 0 Å². The molecule has 21 heavy (non-hydrogen) atoms. The van der Waals surface area contributed by atoms with E-state index in [4.69, 9.17) is 5.11 Å². The Morgan fingerprint density at radius 1 is 1.14 bits per heavy atom. The highest BCUT2D eigenvalue weighted by Gasteiger charge is 2.29. The van der Waals surface area contributed by atoms with E-state index in [2.05, 4.69) is 36.8 Å². The summed E-state index contributed by atoms with van der Waals surface area (Å²) in [6.07, 6.45) is 0.726. The van der Waals surface area contributed by atoms with Crippen molar-refractivity contribution in [3.05, 3.63) is 27.1 Å². The van der Waals surface area contributed by atoms with Gasteiger partial charge in [-0.3, -0.25) is 0 Å². The fourth-order valence-electron chi connectivity index (χ4n) is 2.30. The molecule has 0 aliphatic carbocycles. The van der Waals surface area contributed by atoms with E-state index >= 15 is 0 Å². The lowest BCUT2D eigenvalue weighted by Gasteiger charge is -2.34. The topological polar surface area (TPSA) is 60.9 Å². The number of halogens is 2. The monoisotopic (exact) mass is 440 g/mol. The van der Waals surface area contributed by atoms with Gasteiger partial charge < -0.3 is 10.0 Å². The summed E-state index contributed by atoms with van der Waals surface area (Å²) in [6.45, 7) is 3.34. The first-order valence-electron chi connectivity index (χ1n) is 6.73. The molecular weight excluding hydrogens is 424 g/mol. The molecule has 0 amide bonds. The van der Waals surface area contributed by atoms with Gasteiger partial charge in [0.2, 0.25) is 10.0 Å². The number of sulfonamides is 1. The molecule has 118 valence electrons. The zero-order valence-electron chi connectivity index (χ0n) is 11.5. The molecule has 0 saturated carbocycles. The van der Waals surface area contributed by atoms with Crippen molar-refractivity contribution in [1.29, 1.82) is 0 Å². The van der Waals surface area contributed by atoms with Crippen LogP contribution >= 0.6 is 31.9 Å². The third-order valence-electron chi connectivity index (χ3n) is 3.47. The Kier molecular flexibility index (Phi) is 6.22. The number of hydrogen-bond acceptors (Lipinski definition) is 4. The second-order valence-electron chi connectivity index (χ2n) is 4.90. The maximum atomic E-state index is 12.7. The summed E-state index contributed by atoms with van der Waals surface area (Å²) in [5.74, 6) is 0. The molecule has 8 heteroatoms. The molecule has 0 unspecified atom stereocenters. The van der Waals surface area contributed by atoms with Gasteiger partial charge in [0.05, 0.1) is 4.90 Å². The molecule has 5 nitrogen and oxygen atoms in total. The van der Waals surface area contributed by atoms with Crippen LogP contribution < -0.4 is 0 Å². The van der Waals surface area contributed by atoms with E-state index in [-0.39, 0.29) is 6.61 Å². The smallest absolute Gasteiger partial charge is 0.244 e. The molecule has 1 heterocycles. The van der Waals surface area contributed by atoms with Gasteiger partial charge in [-0.1, -0.05) is 15.9 Å². The standard InChI is InChI=1S/C13H18Br2N2O3S/c14-11-2-3-12(15)13(10-11)21(19,20)17-7-5-16(6-8-17)4-1-9-18/h2-3,10,18H,1,4-9H2. The van der Waals surface area contributed by atoms with E-state index in [0.29, 0.717) is 35.5 Å². The lowest BCUT2D eigenvalue weighted by atomic mass is 10.3. The molecular formula is C13H18Br2N2O3S. The van der Waals surface area contributed by atoms with Gasteiger partial charge in [0, 0.05) is 48.3 Å². The average molecular weight is 442 g/mol. The highest BCUT2D eigenvalue weighted by Crippen LogP contribution is 2.28. The summed E-state index contributed by atoms with van der Waals surface area (Å²) in [4.78, 5) is 2.47. The van der Waals surface area contributed by atoms with Gasteiger partial charge in [-0.2, -0.15) is 4.31 Å². The minimum absolute atomic E-state index is 0.170. The van der Waals surface area contributed by atoms with Crippen molar-refractivity contribution in [3.8, 4) is 0 Å². The average Bonchev–Trinajstić information content (AvgIpc) is 2.48. The molecule has 1 fully saturated rings. The number of hydrogen-bond donors (Lipinski definition) is 1. The van der Waals surface area contributed by atoms with Crippen LogP contribution in [0.4, 0.5) is 0 Å². The van der Waals surface area contributed by atoms with Crippen LogP contribution in [-0.4, -0.2) is 62.1 Å². The first-order valence-corrected chi connectivity index (χ1v) is 9.76. The molecule has 1 aromatic carbocycles. The van der Waals surface area contributed by atoms with Gasteiger partial charge in [-0.15, -0.1) is 0 Å².